The molecule has 0 aliphatic heterocycles. The van der Waals surface area contributed by atoms with Crippen LogP contribution < -0.4 is 19.5 Å². The molecule has 3 aromatic rings. The molecule has 1 amide bonds. The lowest BCUT2D eigenvalue weighted by Crippen LogP contribution is -2.26. The highest BCUT2D eigenvalue weighted by atomic mass is 16.5. The first-order valence-electron chi connectivity index (χ1n) is 9.17. The molecule has 150 valence electrons. The fourth-order valence-corrected chi connectivity index (χ4v) is 2.72. The summed E-state index contributed by atoms with van der Waals surface area (Å²) < 4.78 is 16.2. The lowest BCUT2D eigenvalue weighted by atomic mass is 10.1. The van der Waals surface area contributed by atoms with E-state index in [2.05, 4.69) is 15.3 Å². The summed E-state index contributed by atoms with van der Waals surface area (Å²) in [5.74, 6) is 1.41. The van der Waals surface area contributed by atoms with Crippen LogP contribution in [0.3, 0.4) is 0 Å². The van der Waals surface area contributed by atoms with Gasteiger partial charge < -0.3 is 19.5 Å². The van der Waals surface area contributed by atoms with Gasteiger partial charge in [-0.3, -0.25) is 4.79 Å². The SMILES string of the molecule is COc1ccc(CCNC(=O)c2cc(OCc3ccccc3)ncn2)cc1OC. The van der Waals surface area contributed by atoms with Gasteiger partial charge in [-0.1, -0.05) is 36.4 Å². The number of methoxy groups -OCH3 is 2. The molecule has 0 fully saturated rings. The van der Waals surface area contributed by atoms with Gasteiger partial charge in [-0.2, -0.15) is 0 Å². The minimum atomic E-state index is -0.280. The second kappa shape index (κ2) is 10.1. The minimum absolute atomic E-state index is 0.260. The van der Waals surface area contributed by atoms with Crippen LogP contribution in [0, 0.1) is 0 Å². The van der Waals surface area contributed by atoms with Crippen molar-refractivity contribution in [2.45, 2.75) is 13.0 Å². The van der Waals surface area contributed by atoms with E-state index >= 15 is 0 Å². The summed E-state index contributed by atoms with van der Waals surface area (Å²) in [6, 6.07) is 17.0. The number of benzene rings is 2. The molecule has 0 radical (unpaired) electrons. The van der Waals surface area contributed by atoms with E-state index in [4.69, 9.17) is 14.2 Å². The van der Waals surface area contributed by atoms with E-state index in [1.165, 1.54) is 12.4 Å². The van der Waals surface area contributed by atoms with Gasteiger partial charge in [-0.15, -0.1) is 0 Å². The van der Waals surface area contributed by atoms with Crippen LogP contribution in [0.4, 0.5) is 0 Å². The third-order valence-corrected chi connectivity index (χ3v) is 4.25. The summed E-state index contributed by atoms with van der Waals surface area (Å²) in [6.07, 6.45) is 1.97. The van der Waals surface area contributed by atoms with Crippen molar-refractivity contribution < 1.29 is 19.0 Å². The number of nitrogens with zero attached hydrogens (tertiary/aromatic N) is 2. The van der Waals surface area contributed by atoms with Gasteiger partial charge in [0.05, 0.1) is 14.2 Å². The number of ether oxygens (including phenoxy) is 3. The van der Waals surface area contributed by atoms with Gasteiger partial charge in [-0.25, -0.2) is 9.97 Å². The van der Waals surface area contributed by atoms with E-state index < -0.39 is 0 Å². The molecule has 0 aliphatic carbocycles. The summed E-state index contributed by atoms with van der Waals surface area (Å²) in [5, 5.41) is 2.86. The van der Waals surface area contributed by atoms with Gasteiger partial charge in [0, 0.05) is 12.6 Å². The third-order valence-electron chi connectivity index (χ3n) is 4.25. The molecular weight excluding hydrogens is 370 g/mol. The van der Waals surface area contributed by atoms with E-state index in [-0.39, 0.29) is 11.6 Å². The monoisotopic (exact) mass is 393 g/mol. The molecule has 1 aromatic heterocycles. The first-order chi connectivity index (χ1) is 14.2. The van der Waals surface area contributed by atoms with Gasteiger partial charge in [0.25, 0.3) is 5.91 Å². The van der Waals surface area contributed by atoms with Crippen molar-refractivity contribution in [3.05, 3.63) is 77.7 Å². The van der Waals surface area contributed by atoms with Crippen molar-refractivity contribution in [3.63, 3.8) is 0 Å². The van der Waals surface area contributed by atoms with Crippen molar-refractivity contribution in [1.29, 1.82) is 0 Å². The Bertz CT molecular complexity index is 948. The van der Waals surface area contributed by atoms with E-state index in [1.54, 1.807) is 14.2 Å². The molecule has 0 unspecified atom stereocenters. The zero-order chi connectivity index (χ0) is 20.5. The quantitative estimate of drug-likeness (QED) is 0.602. The zero-order valence-electron chi connectivity index (χ0n) is 16.4. The molecule has 0 atom stereocenters. The van der Waals surface area contributed by atoms with E-state index in [9.17, 15) is 4.79 Å². The first kappa shape index (κ1) is 20.1. The summed E-state index contributed by atoms with van der Waals surface area (Å²) >= 11 is 0. The Hall–Kier alpha value is -3.61. The van der Waals surface area contributed by atoms with Crippen LogP contribution in [0.5, 0.6) is 17.4 Å². The van der Waals surface area contributed by atoms with Gasteiger partial charge >= 0.3 is 0 Å². The lowest BCUT2D eigenvalue weighted by Gasteiger charge is -2.10. The maximum Gasteiger partial charge on any atom is 0.270 e. The number of amides is 1. The summed E-state index contributed by atoms with van der Waals surface area (Å²) in [5.41, 5.74) is 2.31. The average Bonchev–Trinajstić information content (AvgIpc) is 2.78. The molecule has 3 rings (SSSR count). The van der Waals surface area contributed by atoms with Crippen LogP contribution in [-0.4, -0.2) is 36.6 Å². The van der Waals surface area contributed by atoms with Crippen molar-refractivity contribution in [2.75, 3.05) is 20.8 Å². The molecular formula is C22H23N3O4. The van der Waals surface area contributed by atoms with Crippen LogP contribution in [0.1, 0.15) is 21.6 Å². The number of carbonyl (C=O) groups excluding carboxylic acids is 1. The third kappa shape index (κ3) is 5.68. The molecule has 1 N–H and O–H groups in total. The number of hydrogen-bond donors (Lipinski definition) is 1. The molecule has 0 bridgehead atoms. The molecule has 0 aliphatic rings. The van der Waals surface area contributed by atoms with Gasteiger partial charge in [-0.05, 0) is 29.7 Å². The van der Waals surface area contributed by atoms with Crippen molar-refractivity contribution >= 4 is 5.91 Å². The predicted octanol–water partition coefficient (Wildman–Crippen LogP) is 3.05. The number of carbonyl (C=O) groups is 1. The Balaban J connectivity index is 1.53. The Kier molecular flexibility index (Phi) is 7.00. The fraction of sp³-hybridized carbons (Fsp3) is 0.227. The topological polar surface area (TPSA) is 82.6 Å². The van der Waals surface area contributed by atoms with E-state index in [1.807, 2.05) is 48.5 Å². The van der Waals surface area contributed by atoms with Gasteiger partial charge in [0.1, 0.15) is 18.6 Å². The molecule has 2 aromatic carbocycles. The summed E-state index contributed by atoms with van der Waals surface area (Å²) in [6.45, 7) is 0.830. The van der Waals surface area contributed by atoms with Crippen molar-refractivity contribution in [2.24, 2.45) is 0 Å². The lowest BCUT2D eigenvalue weighted by molar-refractivity contribution is 0.0948. The number of nitrogens with one attached hydrogen (secondary N) is 1. The maximum absolute atomic E-state index is 12.4. The van der Waals surface area contributed by atoms with Crippen LogP contribution in [0.25, 0.3) is 0 Å². The van der Waals surface area contributed by atoms with E-state index in [0.717, 1.165) is 11.1 Å². The standard InChI is InChI=1S/C22H23N3O4/c1-27-19-9-8-16(12-20(19)28-2)10-11-23-22(26)18-13-21(25-15-24-18)29-14-17-6-4-3-5-7-17/h3-9,12-13,15H,10-11,14H2,1-2H3,(H,23,26). The normalized spacial score (nSPS) is 10.3. The Morgan fingerprint density at radius 1 is 0.931 bits per heavy atom. The fourth-order valence-electron chi connectivity index (χ4n) is 2.72. The van der Waals surface area contributed by atoms with Crippen LogP contribution in [0.2, 0.25) is 0 Å². The van der Waals surface area contributed by atoms with Gasteiger partial charge in [0.15, 0.2) is 11.5 Å². The van der Waals surface area contributed by atoms with Crippen molar-refractivity contribution in [1.82, 2.24) is 15.3 Å². The summed E-state index contributed by atoms with van der Waals surface area (Å²) in [7, 11) is 3.19. The second-order valence-corrected chi connectivity index (χ2v) is 6.21. The van der Waals surface area contributed by atoms with Crippen LogP contribution in [0.15, 0.2) is 60.9 Å². The molecule has 7 heteroatoms. The molecule has 0 saturated carbocycles. The predicted molar refractivity (Wildman–Crippen MR) is 108 cm³/mol. The number of rotatable bonds is 9. The molecule has 0 saturated heterocycles. The van der Waals surface area contributed by atoms with Crippen LogP contribution in [-0.2, 0) is 13.0 Å². The average molecular weight is 393 g/mol. The Labute approximate surface area is 169 Å². The number of aromatic nitrogens is 2. The Morgan fingerprint density at radius 2 is 1.72 bits per heavy atom. The van der Waals surface area contributed by atoms with Gasteiger partial charge in [0.2, 0.25) is 5.88 Å². The highest BCUT2D eigenvalue weighted by Crippen LogP contribution is 2.27. The highest BCUT2D eigenvalue weighted by Gasteiger charge is 2.10. The molecule has 1 heterocycles. The maximum atomic E-state index is 12.4. The number of hydrogen-bond acceptors (Lipinski definition) is 6. The van der Waals surface area contributed by atoms with E-state index in [0.29, 0.717) is 37.0 Å². The highest BCUT2D eigenvalue weighted by molar-refractivity contribution is 5.92. The minimum Gasteiger partial charge on any atom is -0.493 e. The zero-order valence-corrected chi connectivity index (χ0v) is 16.4. The molecule has 29 heavy (non-hydrogen) atoms. The smallest absolute Gasteiger partial charge is 0.270 e. The first-order valence-corrected chi connectivity index (χ1v) is 9.17. The van der Waals surface area contributed by atoms with Crippen LogP contribution >= 0.6 is 0 Å². The molecule has 7 nitrogen and oxygen atoms in total. The molecule has 0 spiro atoms. The second-order valence-electron chi connectivity index (χ2n) is 6.21. The largest absolute Gasteiger partial charge is 0.493 e. The Morgan fingerprint density at radius 3 is 2.48 bits per heavy atom. The van der Waals surface area contributed by atoms with Crippen molar-refractivity contribution in [3.8, 4) is 17.4 Å². The summed E-state index contributed by atoms with van der Waals surface area (Å²) in [4.78, 5) is 20.5.